The van der Waals surface area contributed by atoms with Gasteiger partial charge in [0.2, 0.25) is 0 Å². The number of nitrogens with one attached hydrogen (secondary N) is 1. The predicted octanol–water partition coefficient (Wildman–Crippen LogP) is 4.52. The highest BCUT2D eigenvalue weighted by Gasteiger charge is 2.16. The molecule has 0 spiro atoms. The highest BCUT2D eigenvalue weighted by molar-refractivity contribution is 9.10. The number of thiophene rings is 1. The second-order valence-corrected chi connectivity index (χ2v) is 5.60. The van der Waals surface area contributed by atoms with Gasteiger partial charge in [-0.1, -0.05) is 41.1 Å². The summed E-state index contributed by atoms with van der Waals surface area (Å²) in [4.78, 5) is 0. The average Bonchev–Trinajstić information content (AvgIpc) is 2.84. The second kappa shape index (κ2) is 5.80. The average molecular weight is 310 g/mol. The molecule has 17 heavy (non-hydrogen) atoms. The molecule has 2 aromatic rings. The lowest BCUT2D eigenvalue weighted by Crippen LogP contribution is -2.22. The molecule has 0 saturated carbocycles. The maximum Gasteiger partial charge on any atom is 0.0596 e. The number of halogens is 1. The van der Waals surface area contributed by atoms with Crippen LogP contribution in [0.25, 0.3) is 0 Å². The Labute approximate surface area is 115 Å². The standard InChI is InChI=1S/C14H16BrNS/c1-3-16-14(11-7-8-17-9-11)12-6-4-5-10(2)13(12)15/h4-9,14,16H,3H2,1-2H3. The molecular formula is C14H16BrNS. The smallest absolute Gasteiger partial charge is 0.0596 e. The summed E-state index contributed by atoms with van der Waals surface area (Å²) >= 11 is 5.44. The van der Waals surface area contributed by atoms with Crippen LogP contribution in [0.4, 0.5) is 0 Å². The van der Waals surface area contributed by atoms with Gasteiger partial charge in [-0.2, -0.15) is 11.3 Å². The van der Waals surface area contributed by atoms with Gasteiger partial charge < -0.3 is 5.32 Å². The summed E-state index contributed by atoms with van der Waals surface area (Å²) in [5, 5.41) is 7.88. The second-order valence-electron chi connectivity index (χ2n) is 4.03. The monoisotopic (exact) mass is 309 g/mol. The molecule has 3 heteroatoms. The molecule has 0 aliphatic rings. The quantitative estimate of drug-likeness (QED) is 0.875. The van der Waals surface area contributed by atoms with E-state index in [4.69, 9.17) is 0 Å². The summed E-state index contributed by atoms with van der Waals surface area (Å²) in [6.07, 6.45) is 0. The third kappa shape index (κ3) is 2.79. The fourth-order valence-corrected chi connectivity index (χ4v) is 3.12. The van der Waals surface area contributed by atoms with E-state index in [-0.39, 0.29) is 6.04 Å². The minimum atomic E-state index is 0.278. The summed E-state index contributed by atoms with van der Waals surface area (Å²) in [5.41, 5.74) is 3.93. The largest absolute Gasteiger partial charge is 0.306 e. The molecule has 1 aromatic heterocycles. The molecule has 0 saturated heterocycles. The topological polar surface area (TPSA) is 12.0 Å². The van der Waals surface area contributed by atoms with Crippen molar-refractivity contribution in [3.05, 3.63) is 56.2 Å². The highest BCUT2D eigenvalue weighted by atomic mass is 79.9. The van der Waals surface area contributed by atoms with E-state index in [1.807, 2.05) is 0 Å². The van der Waals surface area contributed by atoms with Crippen molar-refractivity contribution in [1.82, 2.24) is 5.32 Å². The fourth-order valence-electron chi connectivity index (χ4n) is 1.94. The van der Waals surface area contributed by atoms with Crippen LogP contribution in [-0.2, 0) is 0 Å². The van der Waals surface area contributed by atoms with Crippen LogP contribution in [0.2, 0.25) is 0 Å². The van der Waals surface area contributed by atoms with Gasteiger partial charge in [0.15, 0.2) is 0 Å². The lowest BCUT2D eigenvalue weighted by Gasteiger charge is -2.19. The van der Waals surface area contributed by atoms with Gasteiger partial charge in [0.25, 0.3) is 0 Å². The van der Waals surface area contributed by atoms with Gasteiger partial charge >= 0.3 is 0 Å². The third-order valence-electron chi connectivity index (χ3n) is 2.82. The molecule has 0 fully saturated rings. The van der Waals surface area contributed by atoms with E-state index in [0.717, 1.165) is 6.54 Å². The van der Waals surface area contributed by atoms with Gasteiger partial charge in [-0.3, -0.25) is 0 Å². The molecule has 1 aromatic carbocycles. The van der Waals surface area contributed by atoms with E-state index in [1.54, 1.807) is 11.3 Å². The van der Waals surface area contributed by atoms with Crippen LogP contribution in [0.15, 0.2) is 39.5 Å². The van der Waals surface area contributed by atoms with E-state index >= 15 is 0 Å². The maximum atomic E-state index is 3.70. The highest BCUT2D eigenvalue weighted by Crippen LogP contribution is 2.31. The molecule has 1 unspecified atom stereocenters. The molecule has 0 aliphatic carbocycles. The lowest BCUT2D eigenvalue weighted by molar-refractivity contribution is 0.630. The Balaban J connectivity index is 2.43. The van der Waals surface area contributed by atoms with Crippen LogP contribution in [0.1, 0.15) is 29.7 Å². The number of rotatable bonds is 4. The van der Waals surface area contributed by atoms with Crippen LogP contribution in [0.3, 0.4) is 0 Å². The number of hydrogen-bond acceptors (Lipinski definition) is 2. The van der Waals surface area contributed by atoms with Crippen molar-refractivity contribution in [2.75, 3.05) is 6.54 Å². The summed E-state index contributed by atoms with van der Waals surface area (Å²) < 4.78 is 1.21. The summed E-state index contributed by atoms with van der Waals surface area (Å²) in [6, 6.07) is 8.89. The van der Waals surface area contributed by atoms with E-state index in [9.17, 15) is 0 Å². The molecule has 0 radical (unpaired) electrons. The van der Waals surface area contributed by atoms with Gasteiger partial charge in [0.1, 0.15) is 0 Å². The molecule has 2 rings (SSSR count). The first-order chi connectivity index (χ1) is 8.24. The molecule has 1 heterocycles. The van der Waals surface area contributed by atoms with Crippen molar-refractivity contribution in [1.29, 1.82) is 0 Å². The van der Waals surface area contributed by atoms with Crippen molar-refractivity contribution in [2.45, 2.75) is 19.9 Å². The van der Waals surface area contributed by atoms with E-state index in [0.29, 0.717) is 0 Å². The Hall–Kier alpha value is -0.640. The zero-order chi connectivity index (χ0) is 12.3. The van der Waals surface area contributed by atoms with Crippen molar-refractivity contribution < 1.29 is 0 Å². The molecule has 1 atom stereocenters. The van der Waals surface area contributed by atoms with Crippen LogP contribution in [0, 0.1) is 6.92 Å². The van der Waals surface area contributed by atoms with Crippen molar-refractivity contribution in [3.8, 4) is 0 Å². The van der Waals surface area contributed by atoms with E-state index < -0.39 is 0 Å². The zero-order valence-corrected chi connectivity index (χ0v) is 12.4. The minimum absolute atomic E-state index is 0.278. The Bertz CT molecular complexity index is 479. The van der Waals surface area contributed by atoms with Crippen molar-refractivity contribution >= 4 is 27.3 Å². The fraction of sp³-hybridized carbons (Fsp3) is 0.286. The molecule has 1 N–H and O–H groups in total. The molecule has 0 aliphatic heterocycles. The summed E-state index contributed by atoms with van der Waals surface area (Å²) in [5.74, 6) is 0. The number of benzene rings is 1. The first-order valence-corrected chi connectivity index (χ1v) is 7.48. The SMILES string of the molecule is CCNC(c1ccsc1)c1cccc(C)c1Br. The molecule has 90 valence electrons. The van der Waals surface area contributed by atoms with Crippen molar-refractivity contribution in [2.24, 2.45) is 0 Å². The third-order valence-corrected chi connectivity index (χ3v) is 4.60. The number of aryl methyl sites for hydroxylation is 1. The summed E-state index contributed by atoms with van der Waals surface area (Å²) in [7, 11) is 0. The Morgan fingerprint density at radius 1 is 1.35 bits per heavy atom. The van der Waals surface area contributed by atoms with Crippen LogP contribution < -0.4 is 5.32 Å². The molecule has 1 nitrogen and oxygen atoms in total. The Kier molecular flexibility index (Phi) is 4.37. The lowest BCUT2D eigenvalue weighted by atomic mass is 9.99. The Morgan fingerprint density at radius 2 is 2.18 bits per heavy atom. The molecular weight excluding hydrogens is 294 g/mol. The van der Waals surface area contributed by atoms with E-state index in [2.05, 4.69) is 70.1 Å². The van der Waals surface area contributed by atoms with Gasteiger partial charge in [0, 0.05) is 4.47 Å². The van der Waals surface area contributed by atoms with Gasteiger partial charge in [-0.25, -0.2) is 0 Å². The number of hydrogen-bond donors (Lipinski definition) is 1. The molecule has 0 bridgehead atoms. The van der Waals surface area contributed by atoms with E-state index in [1.165, 1.54) is 21.2 Å². The normalized spacial score (nSPS) is 12.6. The van der Waals surface area contributed by atoms with Gasteiger partial charge in [-0.15, -0.1) is 0 Å². The zero-order valence-electron chi connectivity index (χ0n) is 10.0. The predicted molar refractivity (Wildman–Crippen MR) is 78.7 cm³/mol. The summed E-state index contributed by atoms with van der Waals surface area (Å²) in [6.45, 7) is 5.23. The van der Waals surface area contributed by atoms with Crippen molar-refractivity contribution in [3.63, 3.8) is 0 Å². The maximum absolute atomic E-state index is 3.70. The van der Waals surface area contributed by atoms with Crippen LogP contribution in [-0.4, -0.2) is 6.54 Å². The Morgan fingerprint density at radius 3 is 2.82 bits per heavy atom. The molecule has 0 amide bonds. The van der Waals surface area contributed by atoms with Crippen LogP contribution in [0.5, 0.6) is 0 Å². The first kappa shape index (κ1) is 12.8. The van der Waals surface area contributed by atoms with Gasteiger partial charge in [0.05, 0.1) is 6.04 Å². The van der Waals surface area contributed by atoms with Gasteiger partial charge in [-0.05, 0) is 47.0 Å². The van der Waals surface area contributed by atoms with Crippen LogP contribution >= 0.6 is 27.3 Å². The minimum Gasteiger partial charge on any atom is -0.306 e. The first-order valence-electron chi connectivity index (χ1n) is 5.74.